The van der Waals surface area contributed by atoms with E-state index in [0.29, 0.717) is 0 Å². The van der Waals surface area contributed by atoms with Gasteiger partial charge in [0.25, 0.3) is 5.56 Å². The highest BCUT2D eigenvalue weighted by atomic mass is 16.5. The summed E-state index contributed by atoms with van der Waals surface area (Å²) in [5.74, 6) is 0. The van der Waals surface area contributed by atoms with Gasteiger partial charge < -0.3 is 9.15 Å². The summed E-state index contributed by atoms with van der Waals surface area (Å²) >= 11 is 0. The normalized spacial score (nSPS) is 10.4. The molecule has 22 heavy (non-hydrogen) atoms. The topological polar surface area (TPSA) is 74.3 Å². The molecular formula is C16H12N2O4. The molecule has 3 aromatic rings. The standard InChI is InChI=1S/C16H12N2O4/c19-15-3-1-2-8-18(15)16(20)22-9-12-4-6-13(7-5-12)14-10-21-11-17-14/h1-8,10-11H,9H2. The average Bonchev–Trinajstić information content (AvgIpc) is 3.08. The van der Waals surface area contributed by atoms with Crippen LogP contribution in [0.4, 0.5) is 4.79 Å². The van der Waals surface area contributed by atoms with E-state index in [4.69, 9.17) is 9.15 Å². The molecule has 0 aliphatic carbocycles. The molecule has 0 aliphatic rings. The summed E-state index contributed by atoms with van der Waals surface area (Å²) in [6.45, 7) is 0.0826. The van der Waals surface area contributed by atoms with E-state index in [1.165, 1.54) is 18.7 Å². The van der Waals surface area contributed by atoms with Crippen molar-refractivity contribution in [1.82, 2.24) is 9.55 Å². The van der Waals surface area contributed by atoms with Gasteiger partial charge in [-0.2, -0.15) is 0 Å². The highest BCUT2D eigenvalue weighted by Gasteiger charge is 2.08. The first kappa shape index (κ1) is 13.8. The number of ether oxygens (including phenoxy) is 1. The van der Waals surface area contributed by atoms with Crippen LogP contribution in [0.3, 0.4) is 0 Å². The SMILES string of the molecule is O=C(OCc1ccc(-c2cocn2)cc1)n1ccccc1=O. The van der Waals surface area contributed by atoms with Crippen molar-refractivity contribution in [2.75, 3.05) is 0 Å². The zero-order chi connectivity index (χ0) is 15.4. The summed E-state index contributed by atoms with van der Waals surface area (Å²) in [5, 5.41) is 0. The number of carbonyl (C=O) groups excluding carboxylic acids is 1. The molecule has 1 aromatic carbocycles. The number of hydrogen-bond acceptors (Lipinski definition) is 5. The third-order valence-electron chi connectivity index (χ3n) is 3.06. The summed E-state index contributed by atoms with van der Waals surface area (Å²) in [4.78, 5) is 27.4. The van der Waals surface area contributed by atoms with E-state index in [0.717, 1.165) is 21.4 Å². The van der Waals surface area contributed by atoms with Crippen molar-refractivity contribution in [3.8, 4) is 11.3 Å². The van der Waals surface area contributed by atoms with E-state index in [2.05, 4.69) is 4.98 Å². The van der Waals surface area contributed by atoms with Crippen LogP contribution in [0.5, 0.6) is 0 Å². The van der Waals surface area contributed by atoms with Crippen LogP contribution in [0.25, 0.3) is 11.3 Å². The van der Waals surface area contributed by atoms with E-state index >= 15 is 0 Å². The average molecular weight is 296 g/mol. The fourth-order valence-electron chi connectivity index (χ4n) is 1.92. The molecule has 6 nitrogen and oxygen atoms in total. The molecule has 3 rings (SSSR count). The molecule has 0 saturated carbocycles. The maximum absolute atomic E-state index is 11.8. The third-order valence-corrected chi connectivity index (χ3v) is 3.06. The van der Waals surface area contributed by atoms with E-state index in [9.17, 15) is 9.59 Å². The van der Waals surface area contributed by atoms with E-state index in [1.54, 1.807) is 18.4 Å². The quantitative estimate of drug-likeness (QED) is 0.743. The zero-order valence-electron chi connectivity index (χ0n) is 11.5. The second-order valence-electron chi connectivity index (χ2n) is 4.53. The Kier molecular flexibility index (Phi) is 3.82. The molecule has 0 fully saturated rings. The van der Waals surface area contributed by atoms with Crippen molar-refractivity contribution in [2.45, 2.75) is 6.61 Å². The molecule has 110 valence electrons. The Morgan fingerprint density at radius 2 is 2.00 bits per heavy atom. The van der Waals surface area contributed by atoms with Crippen molar-refractivity contribution in [1.29, 1.82) is 0 Å². The minimum absolute atomic E-state index is 0.0826. The van der Waals surface area contributed by atoms with Gasteiger partial charge in [0.15, 0.2) is 6.39 Å². The van der Waals surface area contributed by atoms with Gasteiger partial charge in [-0.05, 0) is 11.6 Å². The Hall–Kier alpha value is -3.15. The van der Waals surface area contributed by atoms with Gasteiger partial charge in [-0.15, -0.1) is 0 Å². The van der Waals surface area contributed by atoms with Crippen LogP contribution in [0, 0.1) is 0 Å². The van der Waals surface area contributed by atoms with Gasteiger partial charge in [-0.1, -0.05) is 30.3 Å². The second-order valence-corrected chi connectivity index (χ2v) is 4.53. The van der Waals surface area contributed by atoms with Crippen molar-refractivity contribution in [3.63, 3.8) is 0 Å². The van der Waals surface area contributed by atoms with Gasteiger partial charge in [-0.3, -0.25) is 4.79 Å². The summed E-state index contributed by atoms with van der Waals surface area (Å²) < 4.78 is 11.0. The maximum Gasteiger partial charge on any atom is 0.421 e. The number of carbonyl (C=O) groups is 1. The molecule has 0 unspecified atom stereocenters. The molecule has 0 amide bonds. The van der Waals surface area contributed by atoms with Crippen LogP contribution < -0.4 is 5.56 Å². The number of nitrogens with zero attached hydrogens (tertiary/aromatic N) is 2. The highest BCUT2D eigenvalue weighted by Crippen LogP contribution is 2.17. The molecule has 0 radical (unpaired) electrons. The Balaban J connectivity index is 1.66. The molecule has 2 aromatic heterocycles. The number of aromatic nitrogens is 2. The zero-order valence-corrected chi connectivity index (χ0v) is 11.5. The monoisotopic (exact) mass is 296 g/mol. The Labute approximate surface area is 125 Å². The van der Waals surface area contributed by atoms with Gasteiger partial charge >= 0.3 is 6.09 Å². The minimum atomic E-state index is -0.703. The van der Waals surface area contributed by atoms with Crippen molar-refractivity contribution >= 4 is 6.09 Å². The summed E-state index contributed by atoms with van der Waals surface area (Å²) in [6.07, 6.45) is 3.59. The smallest absolute Gasteiger partial charge is 0.421 e. The molecule has 0 aliphatic heterocycles. The number of hydrogen-bond donors (Lipinski definition) is 0. The first-order valence-corrected chi connectivity index (χ1v) is 6.56. The van der Waals surface area contributed by atoms with Crippen molar-refractivity contribution in [3.05, 3.63) is 77.2 Å². The van der Waals surface area contributed by atoms with Crippen LogP contribution in [0.1, 0.15) is 5.56 Å². The van der Waals surface area contributed by atoms with Crippen molar-refractivity contribution in [2.24, 2.45) is 0 Å². The lowest BCUT2D eigenvalue weighted by molar-refractivity contribution is 0.140. The van der Waals surface area contributed by atoms with Crippen LogP contribution in [-0.4, -0.2) is 15.6 Å². The summed E-state index contributed by atoms with van der Waals surface area (Å²) in [7, 11) is 0. The van der Waals surface area contributed by atoms with E-state index in [-0.39, 0.29) is 6.61 Å². The molecule has 0 atom stereocenters. The van der Waals surface area contributed by atoms with Crippen LogP contribution in [0.2, 0.25) is 0 Å². The van der Waals surface area contributed by atoms with Crippen LogP contribution in [0.15, 0.2) is 70.5 Å². The first-order chi connectivity index (χ1) is 10.7. The largest absolute Gasteiger partial charge is 0.451 e. The second kappa shape index (κ2) is 6.09. The Bertz CT molecular complexity index is 820. The minimum Gasteiger partial charge on any atom is -0.451 e. The van der Waals surface area contributed by atoms with Gasteiger partial charge in [0, 0.05) is 17.8 Å². The molecular weight excluding hydrogens is 284 g/mol. The summed E-state index contributed by atoms with van der Waals surface area (Å²) in [5.41, 5.74) is 2.03. The molecule has 6 heteroatoms. The Morgan fingerprint density at radius 3 is 2.68 bits per heavy atom. The number of rotatable bonds is 3. The third kappa shape index (κ3) is 2.95. The number of oxazole rings is 1. The first-order valence-electron chi connectivity index (χ1n) is 6.56. The highest BCUT2D eigenvalue weighted by molar-refractivity contribution is 5.70. The van der Waals surface area contributed by atoms with Gasteiger partial charge in [0.05, 0.1) is 0 Å². The fraction of sp³-hybridized carbons (Fsp3) is 0.0625. The molecule has 2 heterocycles. The van der Waals surface area contributed by atoms with E-state index in [1.807, 2.05) is 24.3 Å². The van der Waals surface area contributed by atoms with Crippen molar-refractivity contribution < 1.29 is 13.9 Å². The van der Waals surface area contributed by atoms with Crippen LogP contribution >= 0.6 is 0 Å². The number of pyridine rings is 1. The summed E-state index contributed by atoms with van der Waals surface area (Å²) in [6, 6.07) is 11.8. The Morgan fingerprint density at radius 1 is 1.18 bits per heavy atom. The van der Waals surface area contributed by atoms with Gasteiger partial charge in [0.1, 0.15) is 18.6 Å². The van der Waals surface area contributed by atoms with Crippen LogP contribution in [-0.2, 0) is 11.3 Å². The lowest BCUT2D eigenvalue weighted by atomic mass is 10.1. The predicted octanol–water partition coefficient (Wildman–Crippen LogP) is 2.69. The number of benzene rings is 1. The molecule has 0 bridgehead atoms. The predicted molar refractivity (Wildman–Crippen MR) is 78.2 cm³/mol. The lowest BCUT2D eigenvalue weighted by Crippen LogP contribution is -2.26. The van der Waals surface area contributed by atoms with Gasteiger partial charge in [0.2, 0.25) is 0 Å². The molecule has 0 saturated heterocycles. The fourth-order valence-corrected chi connectivity index (χ4v) is 1.92. The molecule has 0 N–H and O–H groups in total. The maximum atomic E-state index is 11.8. The molecule has 0 spiro atoms. The lowest BCUT2D eigenvalue weighted by Gasteiger charge is -2.06. The van der Waals surface area contributed by atoms with Gasteiger partial charge in [-0.25, -0.2) is 14.3 Å². The van der Waals surface area contributed by atoms with E-state index < -0.39 is 11.7 Å².